The lowest BCUT2D eigenvalue weighted by Gasteiger charge is -2.09. The third-order valence-corrected chi connectivity index (χ3v) is 3.20. The van der Waals surface area contributed by atoms with Gasteiger partial charge >= 0.3 is 0 Å². The van der Waals surface area contributed by atoms with Crippen LogP contribution in [0.1, 0.15) is 25.1 Å². The molecular formula is C15H17N3O2. The van der Waals surface area contributed by atoms with Crippen molar-refractivity contribution in [2.75, 3.05) is 5.32 Å². The number of nitrogens with zero attached hydrogens (tertiary/aromatic N) is 1. The Labute approximate surface area is 117 Å². The zero-order valence-electron chi connectivity index (χ0n) is 11.6. The molecule has 0 unspecified atom stereocenters. The average molecular weight is 271 g/mol. The molecule has 0 bridgehead atoms. The molecule has 0 spiro atoms. The Bertz CT molecular complexity index is 660. The molecule has 2 rings (SSSR count). The topological polar surface area (TPSA) is 74.8 Å². The second kappa shape index (κ2) is 6.14. The molecule has 0 aliphatic carbocycles. The highest BCUT2D eigenvalue weighted by molar-refractivity contribution is 5.75. The summed E-state index contributed by atoms with van der Waals surface area (Å²) in [6.07, 6.45) is 3.93. The molecule has 0 radical (unpaired) electrons. The smallest absolute Gasteiger partial charge is 0.271 e. The van der Waals surface area contributed by atoms with Crippen LogP contribution in [0.15, 0.2) is 29.2 Å². The van der Waals surface area contributed by atoms with Gasteiger partial charge in [-0.25, -0.2) is 0 Å². The molecule has 20 heavy (non-hydrogen) atoms. The van der Waals surface area contributed by atoms with Crippen LogP contribution in [0.4, 0.5) is 5.69 Å². The molecule has 2 N–H and O–H groups in total. The summed E-state index contributed by atoms with van der Waals surface area (Å²) in [7, 11) is 0. The number of aromatic nitrogens is 2. The lowest BCUT2D eigenvalue weighted by molar-refractivity contribution is -0.105. The number of aryl methyl sites for hydroxylation is 2. The van der Waals surface area contributed by atoms with Crippen LogP contribution in [0.25, 0.3) is 11.3 Å². The van der Waals surface area contributed by atoms with E-state index >= 15 is 0 Å². The maximum Gasteiger partial charge on any atom is 0.271 e. The Hall–Kier alpha value is -2.43. The van der Waals surface area contributed by atoms with Crippen molar-refractivity contribution in [1.29, 1.82) is 0 Å². The fourth-order valence-corrected chi connectivity index (χ4v) is 2.04. The van der Waals surface area contributed by atoms with Crippen molar-refractivity contribution >= 4 is 12.1 Å². The van der Waals surface area contributed by atoms with E-state index in [1.54, 1.807) is 6.07 Å². The number of pyridine rings is 2. The number of aromatic amines is 1. The number of carbonyl (C=O) groups excluding carboxylic acids is 1. The predicted octanol–water partition coefficient (Wildman–Crippen LogP) is 2.13. The van der Waals surface area contributed by atoms with Gasteiger partial charge in [-0.3, -0.25) is 14.6 Å². The average Bonchev–Trinajstić information content (AvgIpc) is 2.49. The Morgan fingerprint density at radius 2 is 2.10 bits per heavy atom. The van der Waals surface area contributed by atoms with Gasteiger partial charge in [0.2, 0.25) is 6.41 Å². The monoisotopic (exact) mass is 271 g/mol. The van der Waals surface area contributed by atoms with Crippen LogP contribution >= 0.6 is 0 Å². The first-order chi connectivity index (χ1) is 9.69. The molecule has 2 aromatic rings. The van der Waals surface area contributed by atoms with Crippen LogP contribution in [0, 0.1) is 0 Å². The summed E-state index contributed by atoms with van der Waals surface area (Å²) in [4.78, 5) is 29.5. The molecule has 0 aliphatic rings. The third kappa shape index (κ3) is 2.77. The number of H-pyrrole nitrogens is 1. The van der Waals surface area contributed by atoms with Crippen LogP contribution in [-0.2, 0) is 17.6 Å². The lowest BCUT2D eigenvalue weighted by Crippen LogP contribution is -2.15. The summed E-state index contributed by atoms with van der Waals surface area (Å²) in [6, 6.07) is 5.61. The maximum atomic E-state index is 11.8. The van der Waals surface area contributed by atoms with Gasteiger partial charge in [0.05, 0.1) is 5.69 Å². The van der Waals surface area contributed by atoms with Crippen LogP contribution in [0.5, 0.6) is 0 Å². The van der Waals surface area contributed by atoms with Crippen molar-refractivity contribution in [2.24, 2.45) is 0 Å². The molecule has 1 amide bonds. The van der Waals surface area contributed by atoms with Gasteiger partial charge in [0.15, 0.2) is 0 Å². The standard InChI is InChI=1S/C15H17N3O2/c1-3-10-5-6-13(16-8-10)11-7-14(17-9-19)15(20)18-12(11)4-2/h5-9H,3-4H2,1-2H3,(H,17,19)(H,18,20). The lowest BCUT2D eigenvalue weighted by atomic mass is 10.1. The summed E-state index contributed by atoms with van der Waals surface area (Å²) < 4.78 is 0. The molecule has 0 saturated heterocycles. The van der Waals surface area contributed by atoms with E-state index in [0.717, 1.165) is 28.9 Å². The van der Waals surface area contributed by atoms with Gasteiger partial charge in [-0.1, -0.05) is 19.9 Å². The third-order valence-electron chi connectivity index (χ3n) is 3.20. The first-order valence-electron chi connectivity index (χ1n) is 6.61. The molecule has 5 heteroatoms. The maximum absolute atomic E-state index is 11.8. The van der Waals surface area contributed by atoms with Gasteiger partial charge in [-0.2, -0.15) is 0 Å². The van der Waals surface area contributed by atoms with Crippen molar-refractivity contribution in [2.45, 2.75) is 26.7 Å². The zero-order chi connectivity index (χ0) is 14.5. The first kappa shape index (κ1) is 14.0. The largest absolute Gasteiger partial charge is 0.324 e. The van der Waals surface area contributed by atoms with Gasteiger partial charge in [0, 0.05) is 17.5 Å². The molecule has 2 aromatic heterocycles. The fourth-order valence-electron chi connectivity index (χ4n) is 2.04. The summed E-state index contributed by atoms with van der Waals surface area (Å²) in [5, 5.41) is 2.41. The Kier molecular flexibility index (Phi) is 4.30. The van der Waals surface area contributed by atoms with Crippen molar-refractivity contribution in [3.8, 4) is 11.3 Å². The fraction of sp³-hybridized carbons (Fsp3) is 0.267. The molecule has 0 aromatic carbocycles. The highest BCUT2D eigenvalue weighted by Crippen LogP contribution is 2.22. The zero-order valence-corrected chi connectivity index (χ0v) is 11.6. The Balaban J connectivity index is 2.54. The Morgan fingerprint density at radius 1 is 1.30 bits per heavy atom. The van der Waals surface area contributed by atoms with E-state index in [1.165, 1.54) is 0 Å². The van der Waals surface area contributed by atoms with Gasteiger partial charge in [-0.05, 0) is 30.5 Å². The Morgan fingerprint density at radius 3 is 2.65 bits per heavy atom. The number of carbonyl (C=O) groups is 1. The molecule has 0 saturated carbocycles. The van der Waals surface area contributed by atoms with Crippen LogP contribution in [0.2, 0.25) is 0 Å². The van der Waals surface area contributed by atoms with Gasteiger partial charge in [0.25, 0.3) is 5.56 Å². The number of rotatable bonds is 5. The SMILES string of the molecule is CCc1ccc(-c2cc(NC=O)c(=O)[nH]c2CC)nc1. The minimum Gasteiger partial charge on any atom is -0.324 e. The second-order valence-electron chi connectivity index (χ2n) is 4.43. The molecule has 2 heterocycles. The van der Waals surface area contributed by atoms with E-state index in [-0.39, 0.29) is 11.2 Å². The van der Waals surface area contributed by atoms with Crippen molar-refractivity contribution in [3.05, 3.63) is 46.0 Å². The molecule has 5 nitrogen and oxygen atoms in total. The van der Waals surface area contributed by atoms with Gasteiger partial charge in [-0.15, -0.1) is 0 Å². The molecule has 0 fully saturated rings. The minimum absolute atomic E-state index is 0.230. The van der Waals surface area contributed by atoms with E-state index < -0.39 is 0 Å². The van der Waals surface area contributed by atoms with Gasteiger partial charge < -0.3 is 10.3 Å². The van der Waals surface area contributed by atoms with Crippen molar-refractivity contribution in [1.82, 2.24) is 9.97 Å². The molecular weight excluding hydrogens is 254 g/mol. The second-order valence-corrected chi connectivity index (χ2v) is 4.43. The highest BCUT2D eigenvalue weighted by Gasteiger charge is 2.10. The summed E-state index contributed by atoms with van der Waals surface area (Å²) >= 11 is 0. The molecule has 0 aliphatic heterocycles. The molecule has 104 valence electrons. The number of nitrogens with one attached hydrogen (secondary N) is 2. The molecule has 0 atom stereocenters. The normalized spacial score (nSPS) is 10.3. The van der Waals surface area contributed by atoms with E-state index in [9.17, 15) is 9.59 Å². The highest BCUT2D eigenvalue weighted by atomic mass is 16.1. The van der Waals surface area contributed by atoms with E-state index in [4.69, 9.17) is 0 Å². The van der Waals surface area contributed by atoms with Crippen LogP contribution in [0.3, 0.4) is 0 Å². The number of amides is 1. The predicted molar refractivity (Wildman–Crippen MR) is 78.7 cm³/mol. The van der Waals surface area contributed by atoms with E-state index in [2.05, 4.69) is 22.2 Å². The van der Waals surface area contributed by atoms with E-state index in [0.29, 0.717) is 12.8 Å². The minimum atomic E-state index is -0.303. The summed E-state index contributed by atoms with van der Waals surface area (Å²) in [6.45, 7) is 4.03. The first-order valence-corrected chi connectivity index (χ1v) is 6.61. The quantitative estimate of drug-likeness (QED) is 0.818. The van der Waals surface area contributed by atoms with Crippen LogP contribution in [-0.4, -0.2) is 16.4 Å². The summed E-state index contributed by atoms with van der Waals surface area (Å²) in [5.41, 5.74) is 3.51. The van der Waals surface area contributed by atoms with Crippen LogP contribution < -0.4 is 10.9 Å². The number of hydrogen-bond donors (Lipinski definition) is 2. The van der Waals surface area contributed by atoms with E-state index in [1.807, 2.05) is 25.3 Å². The number of hydrogen-bond acceptors (Lipinski definition) is 3. The van der Waals surface area contributed by atoms with Gasteiger partial charge in [0.1, 0.15) is 5.69 Å². The van der Waals surface area contributed by atoms with Crippen molar-refractivity contribution < 1.29 is 4.79 Å². The number of anilines is 1. The summed E-state index contributed by atoms with van der Waals surface area (Å²) in [5.74, 6) is 0. The van der Waals surface area contributed by atoms with Crippen molar-refractivity contribution in [3.63, 3.8) is 0 Å².